The van der Waals surface area contributed by atoms with Gasteiger partial charge in [-0.25, -0.2) is 4.21 Å². The van der Waals surface area contributed by atoms with Crippen molar-refractivity contribution < 1.29 is 8.95 Å². The lowest BCUT2D eigenvalue weighted by Gasteiger charge is -2.28. The van der Waals surface area contributed by atoms with Crippen LogP contribution in [0.15, 0.2) is 36.5 Å². The van der Waals surface area contributed by atoms with E-state index in [1.54, 1.807) is 19.6 Å². The van der Waals surface area contributed by atoms with Gasteiger partial charge in [-0.3, -0.25) is 9.29 Å². The van der Waals surface area contributed by atoms with Crippen LogP contribution in [0.25, 0.3) is 0 Å². The smallest absolute Gasteiger partial charge is 0.158 e. The second-order valence-corrected chi connectivity index (χ2v) is 6.51. The maximum atomic E-state index is 12.4. The van der Waals surface area contributed by atoms with Crippen molar-refractivity contribution in [3.8, 4) is 5.75 Å². The summed E-state index contributed by atoms with van der Waals surface area (Å²) in [5.41, 5.74) is 3.77. The van der Waals surface area contributed by atoms with E-state index in [0.717, 1.165) is 28.4 Å². The van der Waals surface area contributed by atoms with Crippen molar-refractivity contribution in [2.45, 2.75) is 13.1 Å². The largest absolute Gasteiger partial charge is 0.494 e. The molecule has 6 heteroatoms. The Balaban J connectivity index is 2.21. The third-order valence-electron chi connectivity index (χ3n) is 3.92. The molecule has 1 aromatic heterocycles. The van der Waals surface area contributed by atoms with Gasteiger partial charge in [0.05, 0.1) is 18.5 Å². The molecular formula is C16H19N3O2S. The highest BCUT2D eigenvalue weighted by atomic mass is 32.2. The lowest BCUT2D eigenvalue weighted by Crippen LogP contribution is -2.34. The van der Waals surface area contributed by atoms with E-state index in [4.69, 9.17) is 4.74 Å². The van der Waals surface area contributed by atoms with Gasteiger partial charge in [-0.05, 0) is 30.7 Å². The zero-order valence-electron chi connectivity index (χ0n) is 13.1. The maximum absolute atomic E-state index is 12.4. The van der Waals surface area contributed by atoms with Crippen molar-refractivity contribution in [2.75, 3.05) is 29.6 Å². The Hall–Kier alpha value is -2.08. The van der Waals surface area contributed by atoms with Crippen molar-refractivity contribution in [1.82, 2.24) is 4.98 Å². The van der Waals surface area contributed by atoms with Gasteiger partial charge in [0.25, 0.3) is 0 Å². The Morgan fingerprint density at radius 2 is 2.05 bits per heavy atom. The summed E-state index contributed by atoms with van der Waals surface area (Å²) in [7, 11) is 2.47. The molecule has 0 spiro atoms. The Morgan fingerprint density at radius 3 is 2.64 bits per heavy atom. The van der Waals surface area contributed by atoms with Crippen molar-refractivity contribution in [2.24, 2.45) is 0 Å². The minimum Gasteiger partial charge on any atom is -0.494 e. The number of benzene rings is 1. The van der Waals surface area contributed by atoms with Crippen LogP contribution in [0, 0.1) is 6.92 Å². The van der Waals surface area contributed by atoms with Gasteiger partial charge in [0.2, 0.25) is 0 Å². The molecule has 1 aliphatic rings. The Labute approximate surface area is 133 Å². The van der Waals surface area contributed by atoms with E-state index in [-0.39, 0.29) is 6.17 Å². The number of hydrogen-bond donors (Lipinski definition) is 0. The molecule has 0 aliphatic carbocycles. The number of pyridine rings is 1. The van der Waals surface area contributed by atoms with Gasteiger partial charge >= 0.3 is 0 Å². The normalized spacial score (nSPS) is 18.3. The van der Waals surface area contributed by atoms with Crippen molar-refractivity contribution in [3.05, 3.63) is 47.8 Å². The SMILES string of the molecule is COc1c(C)ccc2c1N(C)C(c1ccccn1)N2S(C)=O. The molecule has 2 unspecified atom stereocenters. The lowest BCUT2D eigenvalue weighted by molar-refractivity contribution is 0.412. The molecule has 0 radical (unpaired) electrons. The summed E-state index contributed by atoms with van der Waals surface area (Å²) in [5.74, 6) is 0.814. The average molecular weight is 317 g/mol. The monoisotopic (exact) mass is 317 g/mol. The minimum absolute atomic E-state index is 0.210. The number of ether oxygens (including phenoxy) is 1. The van der Waals surface area contributed by atoms with Crippen LogP contribution in [0.1, 0.15) is 17.4 Å². The number of aromatic nitrogens is 1. The van der Waals surface area contributed by atoms with Gasteiger partial charge < -0.3 is 9.64 Å². The molecule has 2 aromatic rings. The Morgan fingerprint density at radius 1 is 1.27 bits per heavy atom. The topological polar surface area (TPSA) is 45.7 Å². The number of aryl methyl sites for hydroxylation is 1. The predicted octanol–water partition coefficient (Wildman–Crippen LogP) is 2.65. The molecule has 0 saturated heterocycles. The fourth-order valence-corrected chi connectivity index (χ4v) is 3.93. The summed E-state index contributed by atoms with van der Waals surface area (Å²) < 4.78 is 19.8. The highest BCUT2D eigenvalue weighted by Crippen LogP contribution is 2.51. The Kier molecular flexibility index (Phi) is 3.78. The number of nitrogens with zero attached hydrogens (tertiary/aromatic N) is 3. The first-order valence-corrected chi connectivity index (χ1v) is 8.52. The molecule has 3 rings (SSSR count). The molecule has 116 valence electrons. The molecule has 0 amide bonds. The first kappa shape index (κ1) is 14.8. The van der Waals surface area contributed by atoms with Gasteiger partial charge in [-0.1, -0.05) is 12.1 Å². The maximum Gasteiger partial charge on any atom is 0.158 e. The first-order chi connectivity index (χ1) is 10.6. The number of hydrogen-bond acceptors (Lipinski definition) is 4. The number of fused-ring (bicyclic) bond motifs is 1. The molecule has 0 N–H and O–H groups in total. The summed E-state index contributed by atoms with van der Waals surface area (Å²) >= 11 is 0. The second-order valence-electron chi connectivity index (χ2n) is 5.27. The molecule has 1 aromatic carbocycles. The third-order valence-corrected chi connectivity index (χ3v) is 4.87. The van der Waals surface area contributed by atoms with E-state index >= 15 is 0 Å². The first-order valence-electron chi connectivity index (χ1n) is 7.00. The molecule has 22 heavy (non-hydrogen) atoms. The lowest BCUT2D eigenvalue weighted by atomic mass is 10.1. The molecule has 1 aliphatic heterocycles. The fraction of sp³-hybridized carbons (Fsp3) is 0.312. The summed E-state index contributed by atoms with van der Waals surface area (Å²) in [5, 5.41) is 0. The van der Waals surface area contributed by atoms with Gasteiger partial charge in [0, 0.05) is 19.5 Å². The molecule has 0 saturated carbocycles. The van der Waals surface area contributed by atoms with Crippen LogP contribution < -0.4 is 13.9 Å². The average Bonchev–Trinajstić information content (AvgIpc) is 2.81. The summed E-state index contributed by atoms with van der Waals surface area (Å²) in [6.07, 6.45) is 3.23. The second kappa shape index (κ2) is 5.61. The van der Waals surface area contributed by atoms with E-state index in [0.29, 0.717) is 0 Å². The molecule has 2 heterocycles. The summed E-state index contributed by atoms with van der Waals surface area (Å²) in [6.45, 7) is 2.01. The fourth-order valence-electron chi connectivity index (χ4n) is 2.98. The molecule has 2 atom stereocenters. The zero-order chi connectivity index (χ0) is 15.9. The van der Waals surface area contributed by atoms with Crippen molar-refractivity contribution >= 4 is 22.4 Å². The third kappa shape index (κ3) is 2.14. The highest BCUT2D eigenvalue weighted by Gasteiger charge is 2.40. The molecule has 5 nitrogen and oxygen atoms in total. The number of rotatable bonds is 3. The number of anilines is 2. The van der Waals surface area contributed by atoms with Crippen LogP contribution in [0.4, 0.5) is 11.4 Å². The van der Waals surface area contributed by atoms with Crippen LogP contribution in [-0.2, 0) is 11.0 Å². The Bertz CT molecular complexity index is 721. The quantitative estimate of drug-likeness (QED) is 0.873. The molecule has 0 bridgehead atoms. The summed E-state index contributed by atoms with van der Waals surface area (Å²) in [6, 6.07) is 9.76. The zero-order valence-corrected chi connectivity index (χ0v) is 13.9. The van der Waals surface area contributed by atoms with Crippen molar-refractivity contribution in [3.63, 3.8) is 0 Å². The predicted molar refractivity (Wildman–Crippen MR) is 89.7 cm³/mol. The van der Waals surface area contributed by atoms with Crippen LogP contribution in [-0.4, -0.2) is 29.6 Å². The van der Waals surface area contributed by atoms with Crippen molar-refractivity contribution in [1.29, 1.82) is 0 Å². The van der Waals surface area contributed by atoms with E-state index in [2.05, 4.69) is 9.88 Å². The van der Waals surface area contributed by atoms with Crippen LogP contribution in [0.5, 0.6) is 5.75 Å². The van der Waals surface area contributed by atoms with Gasteiger partial charge in [-0.2, -0.15) is 0 Å². The van der Waals surface area contributed by atoms with Gasteiger partial charge in [0.15, 0.2) is 6.17 Å². The summed E-state index contributed by atoms with van der Waals surface area (Å²) in [4.78, 5) is 6.52. The van der Waals surface area contributed by atoms with Crippen LogP contribution in [0.3, 0.4) is 0 Å². The van der Waals surface area contributed by atoms with Crippen LogP contribution >= 0.6 is 0 Å². The van der Waals surface area contributed by atoms with Crippen LogP contribution in [0.2, 0.25) is 0 Å². The van der Waals surface area contributed by atoms with Gasteiger partial charge in [0.1, 0.15) is 22.4 Å². The molecular weight excluding hydrogens is 298 g/mol. The number of methoxy groups -OCH3 is 1. The standard InChI is InChI=1S/C16H19N3O2S/c1-11-8-9-13-14(15(11)21-3)18(2)16(19(13)22(4)20)12-7-5-6-10-17-12/h5-10,16H,1-4H3. The van der Waals surface area contributed by atoms with Gasteiger partial charge in [-0.15, -0.1) is 0 Å². The molecule has 0 fully saturated rings. The van der Waals surface area contributed by atoms with E-state index in [9.17, 15) is 4.21 Å². The van der Waals surface area contributed by atoms with E-state index in [1.165, 1.54) is 0 Å². The minimum atomic E-state index is -1.17. The van der Waals surface area contributed by atoms with E-state index < -0.39 is 11.0 Å². The van der Waals surface area contributed by atoms with E-state index in [1.807, 2.05) is 48.6 Å². The highest BCUT2D eigenvalue weighted by molar-refractivity contribution is 7.85.